The molecule has 6 heteroatoms. The molecule has 14 heavy (non-hydrogen) atoms. The van der Waals surface area contributed by atoms with E-state index in [4.69, 9.17) is 11.6 Å². The van der Waals surface area contributed by atoms with Crippen molar-refractivity contribution in [1.82, 2.24) is 20.4 Å². The molecule has 0 unspecified atom stereocenters. The molecule has 0 saturated heterocycles. The van der Waals surface area contributed by atoms with Gasteiger partial charge in [-0.1, -0.05) is 11.3 Å². The van der Waals surface area contributed by atoms with Crippen molar-refractivity contribution < 1.29 is 0 Å². The van der Waals surface area contributed by atoms with Gasteiger partial charge in [0.15, 0.2) is 5.01 Å². The maximum absolute atomic E-state index is 5.62. The van der Waals surface area contributed by atoms with Crippen LogP contribution in [0.2, 0.25) is 0 Å². The van der Waals surface area contributed by atoms with Crippen LogP contribution in [0.5, 0.6) is 0 Å². The molecule has 0 aliphatic heterocycles. The first-order valence-corrected chi connectivity index (χ1v) is 5.55. The van der Waals surface area contributed by atoms with Crippen molar-refractivity contribution in [3.8, 4) is 10.6 Å². The van der Waals surface area contributed by atoms with Gasteiger partial charge in [0.1, 0.15) is 5.01 Å². The minimum Gasteiger partial charge on any atom is -0.282 e. The topological polar surface area (TPSA) is 54.5 Å². The van der Waals surface area contributed by atoms with Crippen LogP contribution in [0.15, 0.2) is 6.20 Å². The highest BCUT2D eigenvalue weighted by molar-refractivity contribution is 7.14. The number of hydrogen-bond donors (Lipinski definition) is 1. The van der Waals surface area contributed by atoms with Crippen LogP contribution in [0.4, 0.5) is 0 Å². The zero-order valence-electron chi connectivity index (χ0n) is 7.62. The molecule has 2 heterocycles. The highest BCUT2D eigenvalue weighted by Gasteiger charge is 2.09. The minimum atomic E-state index is 0.582. The molecular formula is C8H9ClN4S. The summed E-state index contributed by atoms with van der Waals surface area (Å²) in [5.41, 5.74) is 2.03. The van der Waals surface area contributed by atoms with Gasteiger partial charge in [0, 0.05) is 18.0 Å². The van der Waals surface area contributed by atoms with Crippen molar-refractivity contribution in [1.29, 1.82) is 0 Å². The Balaban J connectivity index is 2.29. The molecule has 74 valence electrons. The summed E-state index contributed by atoms with van der Waals surface area (Å²) in [7, 11) is 0. The number of alkyl halides is 1. The van der Waals surface area contributed by atoms with Crippen LogP contribution in [0, 0.1) is 6.92 Å². The van der Waals surface area contributed by atoms with Gasteiger partial charge in [0.05, 0.1) is 11.8 Å². The summed E-state index contributed by atoms with van der Waals surface area (Å²) < 4.78 is 0. The van der Waals surface area contributed by atoms with Gasteiger partial charge in [-0.25, -0.2) is 0 Å². The fourth-order valence-electron chi connectivity index (χ4n) is 1.11. The van der Waals surface area contributed by atoms with E-state index >= 15 is 0 Å². The molecule has 0 spiro atoms. The second-order valence-electron chi connectivity index (χ2n) is 2.85. The molecule has 0 atom stereocenters. The van der Waals surface area contributed by atoms with Crippen molar-refractivity contribution in [3.63, 3.8) is 0 Å². The number of aromatic nitrogens is 4. The van der Waals surface area contributed by atoms with Gasteiger partial charge in [-0.15, -0.1) is 21.8 Å². The minimum absolute atomic E-state index is 0.582. The summed E-state index contributed by atoms with van der Waals surface area (Å²) in [5.74, 6) is 0.582. The third-order valence-electron chi connectivity index (χ3n) is 1.84. The van der Waals surface area contributed by atoms with Crippen LogP contribution in [0.25, 0.3) is 10.6 Å². The van der Waals surface area contributed by atoms with E-state index in [9.17, 15) is 0 Å². The molecule has 4 nitrogen and oxygen atoms in total. The number of aryl methyl sites for hydroxylation is 2. The van der Waals surface area contributed by atoms with Crippen LogP contribution >= 0.6 is 22.9 Å². The predicted octanol–water partition coefficient (Wildman–Crippen LogP) is 2.02. The average molecular weight is 229 g/mol. The van der Waals surface area contributed by atoms with E-state index in [1.165, 1.54) is 0 Å². The lowest BCUT2D eigenvalue weighted by Gasteiger charge is -1.88. The lowest BCUT2D eigenvalue weighted by Crippen LogP contribution is -1.83. The second kappa shape index (κ2) is 4.06. The van der Waals surface area contributed by atoms with Crippen molar-refractivity contribution >= 4 is 22.9 Å². The largest absolute Gasteiger partial charge is 0.282 e. The lowest BCUT2D eigenvalue weighted by atomic mass is 10.3. The first kappa shape index (κ1) is 9.61. The Morgan fingerprint density at radius 1 is 1.50 bits per heavy atom. The number of halogens is 1. The number of nitrogens with zero attached hydrogens (tertiary/aromatic N) is 3. The van der Waals surface area contributed by atoms with E-state index in [1.54, 1.807) is 17.5 Å². The Kier molecular flexibility index (Phi) is 2.79. The molecule has 0 aliphatic carbocycles. The van der Waals surface area contributed by atoms with E-state index in [1.807, 2.05) is 6.92 Å². The monoisotopic (exact) mass is 228 g/mol. The van der Waals surface area contributed by atoms with E-state index in [-0.39, 0.29) is 0 Å². The SMILES string of the molecule is Cc1[nH]ncc1-c1nnc(CCCl)s1. The molecule has 1 N–H and O–H groups in total. The summed E-state index contributed by atoms with van der Waals surface area (Å²) >= 11 is 7.18. The Bertz CT molecular complexity index is 422. The Hall–Kier alpha value is -0.940. The smallest absolute Gasteiger partial charge is 0.151 e. The molecule has 2 rings (SSSR count). The van der Waals surface area contributed by atoms with Gasteiger partial charge in [-0.3, -0.25) is 5.10 Å². The summed E-state index contributed by atoms with van der Waals surface area (Å²) in [5, 5.41) is 16.8. The van der Waals surface area contributed by atoms with Gasteiger partial charge in [-0.05, 0) is 6.92 Å². The summed E-state index contributed by atoms with van der Waals surface area (Å²) in [6, 6.07) is 0. The van der Waals surface area contributed by atoms with Gasteiger partial charge in [-0.2, -0.15) is 5.10 Å². The molecule has 2 aromatic heterocycles. The Morgan fingerprint density at radius 3 is 3.00 bits per heavy atom. The first-order chi connectivity index (χ1) is 6.81. The normalized spacial score (nSPS) is 10.7. The Labute approximate surface area is 90.3 Å². The number of rotatable bonds is 3. The highest BCUT2D eigenvalue weighted by Crippen LogP contribution is 2.25. The molecule has 0 saturated carbocycles. The van der Waals surface area contributed by atoms with Gasteiger partial charge >= 0.3 is 0 Å². The molecule has 0 aromatic carbocycles. The third kappa shape index (κ3) is 1.78. The highest BCUT2D eigenvalue weighted by atomic mass is 35.5. The number of nitrogens with one attached hydrogen (secondary N) is 1. The van der Waals surface area contributed by atoms with Crippen LogP contribution in [-0.2, 0) is 6.42 Å². The molecule has 0 bridgehead atoms. The van der Waals surface area contributed by atoms with Crippen LogP contribution in [0.1, 0.15) is 10.7 Å². The van der Waals surface area contributed by atoms with E-state index in [2.05, 4.69) is 20.4 Å². The molecular weight excluding hydrogens is 220 g/mol. The van der Waals surface area contributed by atoms with Gasteiger partial charge in [0.25, 0.3) is 0 Å². The molecule has 0 aliphatic rings. The summed E-state index contributed by atoms with van der Waals surface area (Å²) in [4.78, 5) is 0. The zero-order valence-corrected chi connectivity index (χ0v) is 9.19. The quantitative estimate of drug-likeness (QED) is 0.818. The maximum atomic E-state index is 5.62. The summed E-state index contributed by atoms with van der Waals surface area (Å²) in [6.07, 6.45) is 2.54. The zero-order chi connectivity index (χ0) is 9.97. The number of hydrogen-bond acceptors (Lipinski definition) is 4. The van der Waals surface area contributed by atoms with Crippen molar-refractivity contribution in [2.24, 2.45) is 0 Å². The lowest BCUT2D eigenvalue weighted by molar-refractivity contribution is 0.989. The average Bonchev–Trinajstić information content (AvgIpc) is 2.74. The number of H-pyrrole nitrogens is 1. The maximum Gasteiger partial charge on any atom is 0.151 e. The van der Waals surface area contributed by atoms with Crippen LogP contribution in [-0.4, -0.2) is 26.3 Å². The third-order valence-corrected chi connectivity index (χ3v) is 3.04. The van der Waals surface area contributed by atoms with E-state index in [0.717, 1.165) is 27.7 Å². The molecule has 0 fully saturated rings. The van der Waals surface area contributed by atoms with Gasteiger partial charge < -0.3 is 0 Å². The van der Waals surface area contributed by atoms with E-state index in [0.29, 0.717) is 5.88 Å². The van der Waals surface area contributed by atoms with Crippen molar-refractivity contribution in [2.45, 2.75) is 13.3 Å². The summed E-state index contributed by atoms with van der Waals surface area (Å²) in [6.45, 7) is 1.96. The van der Waals surface area contributed by atoms with Crippen molar-refractivity contribution in [3.05, 3.63) is 16.9 Å². The molecule has 0 amide bonds. The van der Waals surface area contributed by atoms with Crippen LogP contribution in [0.3, 0.4) is 0 Å². The predicted molar refractivity (Wildman–Crippen MR) is 56.7 cm³/mol. The first-order valence-electron chi connectivity index (χ1n) is 4.20. The fourth-order valence-corrected chi connectivity index (χ4v) is 2.31. The Morgan fingerprint density at radius 2 is 2.36 bits per heavy atom. The standard InChI is InChI=1S/C8H9ClN4S/c1-5-6(4-10-11-5)8-13-12-7(14-8)2-3-9/h4H,2-3H2,1H3,(H,10,11). The van der Waals surface area contributed by atoms with Crippen LogP contribution < -0.4 is 0 Å². The van der Waals surface area contributed by atoms with E-state index < -0.39 is 0 Å². The van der Waals surface area contributed by atoms with Gasteiger partial charge in [0.2, 0.25) is 0 Å². The molecule has 0 radical (unpaired) electrons. The second-order valence-corrected chi connectivity index (χ2v) is 4.29. The fraction of sp³-hybridized carbons (Fsp3) is 0.375. The van der Waals surface area contributed by atoms with Crippen molar-refractivity contribution in [2.75, 3.05) is 5.88 Å². The number of aromatic amines is 1. The molecule has 2 aromatic rings.